The van der Waals surface area contributed by atoms with Crippen molar-refractivity contribution in [2.45, 2.75) is 25.3 Å². The summed E-state index contributed by atoms with van der Waals surface area (Å²) in [6, 6.07) is 9.13. The minimum absolute atomic E-state index is 0.190. The molecule has 1 aromatic carbocycles. The second kappa shape index (κ2) is 4.55. The van der Waals surface area contributed by atoms with Crippen LogP contribution in [0, 0.1) is 12.7 Å². The zero-order valence-corrected chi connectivity index (χ0v) is 11.6. The van der Waals surface area contributed by atoms with Crippen LogP contribution >= 0.6 is 0 Å². The van der Waals surface area contributed by atoms with Crippen molar-refractivity contribution in [1.29, 1.82) is 0 Å². The topological polar surface area (TPSA) is 42.2 Å². The molecule has 4 nitrogen and oxygen atoms in total. The SMILES string of the molecule is Cc1cc2c(N[C@@H]3C[C@H]3c3ccc(F)cc3)nccn2n1. The van der Waals surface area contributed by atoms with E-state index in [1.165, 1.54) is 17.7 Å². The number of benzene rings is 1. The van der Waals surface area contributed by atoms with Crippen LogP contribution in [0.15, 0.2) is 42.7 Å². The molecule has 1 N–H and O–H groups in total. The molecule has 0 spiro atoms. The third kappa shape index (κ3) is 2.24. The van der Waals surface area contributed by atoms with Gasteiger partial charge in [0.05, 0.1) is 5.69 Å². The van der Waals surface area contributed by atoms with E-state index in [2.05, 4.69) is 15.4 Å². The Kier molecular flexibility index (Phi) is 2.67. The van der Waals surface area contributed by atoms with Gasteiger partial charge in [-0.1, -0.05) is 12.1 Å². The zero-order valence-electron chi connectivity index (χ0n) is 11.6. The van der Waals surface area contributed by atoms with Crippen LogP contribution in [0.4, 0.5) is 10.2 Å². The van der Waals surface area contributed by atoms with E-state index in [0.717, 1.165) is 23.4 Å². The summed E-state index contributed by atoms with van der Waals surface area (Å²) in [6.45, 7) is 1.97. The predicted molar refractivity (Wildman–Crippen MR) is 78.9 cm³/mol. The first-order chi connectivity index (χ1) is 10.2. The number of hydrogen-bond acceptors (Lipinski definition) is 3. The predicted octanol–water partition coefficient (Wildman–Crippen LogP) is 3.14. The van der Waals surface area contributed by atoms with Crippen LogP contribution in [-0.2, 0) is 0 Å². The maximum absolute atomic E-state index is 13.0. The fourth-order valence-electron chi connectivity index (χ4n) is 2.76. The fourth-order valence-corrected chi connectivity index (χ4v) is 2.76. The number of hydrogen-bond donors (Lipinski definition) is 1. The van der Waals surface area contributed by atoms with Crippen molar-refractivity contribution in [2.75, 3.05) is 5.32 Å². The van der Waals surface area contributed by atoms with Crippen LogP contribution in [0.25, 0.3) is 5.52 Å². The molecule has 1 aliphatic carbocycles. The molecule has 21 heavy (non-hydrogen) atoms. The normalized spacial score (nSPS) is 20.7. The highest BCUT2D eigenvalue weighted by molar-refractivity contribution is 5.68. The number of aryl methyl sites for hydroxylation is 1. The third-order valence-corrected chi connectivity index (χ3v) is 3.92. The molecule has 1 fully saturated rings. The van der Waals surface area contributed by atoms with E-state index in [9.17, 15) is 4.39 Å². The molecule has 2 atom stereocenters. The second-order valence-electron chi connectivity index (χ2n) is 5.54. The highest BCUT2D eigenvalue weighted by atomic mass is 19.1. The maximum atomic E-state index is 13.0. The van der Waals surface area contributed by atoms with Crippen molar-refractivity contribution < 1.29 is 4.39 Å². The Morgan fingerprint density at radius 2 is 2.10 bits per heavy atom. The van der Waals surface area contributed by atoms with Gasteiger partial charge in [0.2, 0.25) is 0 Å². The molecule has 106 valence electrons. The van der Waals surface area contributed by atoms with Crippen LogP contribution in [0.5, 0.6) is 0 Å². The zero-order chi connectivity index (χ0) is 14.4. The van der Waals surface area contributed by atoms with E-state index >= 15 is 0 Å². The second-order valence-corrected chi connectivity index (χ2v) is 5.54. The van der Waals surface area contributed by atoms with Crippen molar-refractivity contribution in [2.24, 2.45) is 0 Å². The molecule has 0 aliphatic heterocycles. The molecule has 1 aliphatic rings. The molecular weight excluding hydrogens is 267 g/mol. The third-order valence-electron chi connectivity index (χ3n) is 3.92. The minimum atomic E-state index is -0.190. The summed E-state index contributed by atoms with van der Waals surface area (Å²) in [7, 11) is 0. The van der Waals surface area contributed by atoms with Gasteiger partial charge in [0.1, 0.15) is 11.3 Å². The van der Waals surface area contributed by atoms with Gasteiger partial charge in [-0.3, -0.25) is 0 Å². The van der Waals surface area contributed by atoms with Crippen molar-refractivity contribution in [3.8, 4) is 0 Å². The minimum Gasteiger partial charge on any atom is -0.365 e. The summed E-state index contributed by atoms with van der Waals surface area (Å²) in [5.41, 5.74) is 3.13. The molecule has 0 radical (unpaired) electrons. The number of halogens is 1. The van der Waals surface area contributed by atoms with Crippen molar-refractivity contribution in [3.63, 3.8) is 0 Å². The fraction of sp³-hybridized carbons (Fsp3) is 0.250. The summed E-state index contributed by atoms with van der Waals surface area (Å²) >= 11 is 0. The monoisotopic (exact) mass is 282 g/mol. The summed E-state index contributed by atoms with van der Waals surface area (Å²) in [5.74, 6) is 1.09. The van der Waals surface area contributed by atoms with Crippen molar-refractivity contribution >= 4 is 11.3 Å². The van der Waals surface area contributed by atoms with E-state index in [0.29, 0.717) is 12.0 Å². The Morgan fingerprint density at radius 3 is 2.90 bits per heavy atom. The van der Waals surface area contributed by atoms with Gasteiger partial charge in [-0.15, -0.1) is 0 Å². The molecule has 0 bridgehead atoms. The van der Waals surface area contributed by atoms with Gasteiger partial charge in [0.15, 0.2) is 5.82 Å². The maximum Gasteiger partial charge on any atom is 0.152 e. The first kappa shape index (κ1) is 12.3. The molecular formula is C16H15FN4. The van der Waals surface area contributed by atoms with Gasteiger partial charge < -0.3 is 5.32 Å². The summed E-state index contributed by atoms with van der Waals surface area (Å²) < 4.78 is 14.8. The molecule has 4 rings (SSSR count). The largest absolute Gasteiger partial charge is 0.365 e. The van der Waals surface area contributed by atoms with Crippen molar-refractivity contribution in [1.82, 2.24) is 14.6 Å². The molecule has 0 amide bonds. The van der Waals surface area contributed by atoms with E-state index in [4.69, 9.17) is 0 Å². The number of aromatic nitrogens is 3. The Bertz CT molecular complexity index is 794. The van der Waals surface area contributed by atoms with Gasteiger partial charge in [-0.2, -0.15) is 5.10 Å². The smallest absolute Gasteiger partial charge is 0.152 e. The quantitative estimate of drug-likeness (QED) is 0.802. The van der Waals surface area contributed by atoms with E-state index < -0.39 is 0 Å². The van der Waals surface area contributed by atoms with Gasteiger partial charge in [-0.05, 0) is 37.1 Å². The summed E-state index contributed by atoms with van der Waals surface area (Å²) in [4.78, 5) is 4.41. The lowest BCUT2D eigenvalue weighted by Gasteiger charge is -2.06. The van der Waals surface area contributed by atoms with Crippen LogP contribution in [-0.4, -0.2) is 20.6 Å². The van der Waals surface area contributed by atoms with Crippen LogP contribution in [0.1, 0.15) is 23.6 Å². The summed E-state index contributed by atoms with van der Waals surface area (Å²) in [5, 5.41) is 7.85. The molecule has 0 unspecified atom stereocenters. The average molecular weight is 282 g/mol. The number of nitrogens with one attached hydrogen (secondary N) is 1. The Morgan fingerprint density at radius 1 is 1.29 bits per heavy atom. The van der Waals surface area contributed by atoms with Crippen molar-refractivity contribution in [3.05, 3.63) is 59.8 Å². The standard InChI is InChI=1S/C16H15FN4/c1-10-8-15-16(18-6-7-21(15)20-10)19-14-9-13(14)11-2-4-12(17)5-3-11/h2-8,13-14H,9H2,1H3,(H,18,19)/t13-,14+/m0/s1. The number of fused-ring (bicyclic) bond motifs is 1. The highest BCUT2D eigenvalue weighted by Crippen LogP contribution is 2.42. The van der Waals surface area contributed by atoms with Gasteiger partial charge in [0.25, 0.3) is 0 Å². The van der Waals surface area contributed by atoms with Crippen LogP contribution in [0.2, 0.25) is 0 Å². The summed E-state index contributed by atoms with van der Waals surface area (Å²) in [6.07, 6.45) is 4.64. The lowest BCUT2D eigenvalue weighted by molar-refractivity contribution is 0.627. The van der Waals surface area contributed by atoms with E-state index in [1.807, 2.05) is 35.8 Å². The van der Waals surface area contributed by atoms with E-state index in [1.54, 1.807) is 6.20 Å². The number of anilines is 1. The highest BCUT2D eigenvalue weighted by Gasteiger charge is 2.38. The van der Waals surface area contributed by atoms with Gasteiger partial charge in [-0.25, -0.2) is 13.9 Å². The number of nitrogens with zero attached hydrogens (tertiary/aromatic N) is 3. The lowest BCUT2D eigenvalue weighted by atomic mass is 10.1. The van der Waals surface area contributed by atoms with E-state index in [-0.39, 0.29) is 5.82 Å². The first-order valence-electron chi connectivity index (χ1n) is 7.04. The molecule has 2 aromatic heterocycles. The first-order valence-corrected chi connectivity index (χ1v) is 7.04. The molecule has 1 saturated carbocycles. The Balaban J connectivity index is 1.55. The molecule has 0 saturated heterocycles. The van der Waals surface area contributed by atoms with Crippen LogP contribution < -0.4 is 5.32 Å². The Labute approximate surface area is 121 Å². The molecule has 2 heterocycles. The van der Waals surface area contributed by atoms with Gasteiger partial charge in [0, 0.05) is 24.4 Å². The Hall–Kier alpha value is -2.43. The van der Waals surface area contributed by atoms with Crippen LogP contribution in [0.3, 0.4) is 0 Å². The van der Waals surface area contributed by atoms with Gasteiger partial charge >= 0.3 is 0 Å². The average Bonchev–Trinajstić information content (AvgIpc) is 3.11. The number of rotatable bonds is 3. The lowest BCUT2D eigenvalue weighted by Crippen LogP contribution is -2.07. The molecule has 5 heteroatoms. The molecule has 3 aromatic rings.